The van der Waals surface area contributed by atoms with E-state index < -0.39 is 0 Å². The highest BCUT2D eigenvalue weighted by molar-refractivity contribution is 5.75. The minimum Gasteiger partial charge on any atom is -0.493 e. The van der Waals surface area contributed by atoms with E-state index in [1.54, 1.807) is 35.5 Å². The molecule has 5 rings (SSSR count). The summed E-state index contributed by atoms with van der Waals surface area (Å²) in [5.74, 6) is 4.59. The van der Waals surface area contributed by atoms with Crippen molar-refractivity contribution < 1.29 is 32.8 Å². The van der Waals surface area contributed by atoms with E-state index >= 15 is 0 Å². The molecule has 0 radical (unpaired) electrons. The van der Waals surface area contributed by atoms with Gasteiger partial charge in [0.25, 0.3) is 0 Å². The molecule has 278 valence electrons. The lowest BCUT2D eigenvalue weighted by Crippen LogP contribution is -2.02. The molecule has 0 atom stereocenters. The van der Waals surface area contributed by atoms with E-state index in [0.29, 0.717) is 52.9 Å². The van der Waals surface area contributed by atoms with Gasteiger partial charge in [-0.25, -0.2) is 0 Å². The molecule has 5 aromatic rings. The molecule has 4 aromatic carbocycles. The molecular formula is C44H50N2O7. The molecule has 0 N–H and O–H groups in total. The van der Waals surface area contributed by atoms with Crippen molar-refractivity contribution in [2.45, 2.75) is 51.9 Å². The first-order valence-electron chi connectivity index (χ1n) is 18.1. The summed E-state index contributed by atoms with van der Waals surface area (Å²) in [7, 11) is 8.09. The second kappa shape index (κ2) is 19.8. The van der Waals surface area contributed by atoms with E-state index in [0.717, 1.165) is 46.2 Å². The van der Waals surface area contributed by atoms with Crippen molar-refractivity contribution in [2.24, 2.45) is 0 Å². The van der Waals surface area contributed by atoms with Gasteiger partial charge in [-0.2, -0.15) is 0 Å². The standard InChI is InChI=1S/C44H50N2O7/c1-7-8-9-10-11-12-13-26-52-42-39(49-4)29-34(30-40(42)50-5)17-15-32-20-24-36(25-21-32)44-46-45-43(53-44)35-22-18-31(19-23-35)14-16-33-27-37(47-2)41(51-6)38(28-33)48-3/h14-25,27-30H,7-13,26H2,1-6H3/b16-14+,17-15+. The molecule has 0 fully saturated rings. The Balaban J connectivity index is 1.19. The van der Waals surface area contributed by atoms with Crippen LogP contribution >= 0.6 is 0 Å². The summed E-state index contributed by atoms with van der Waals surface area (Å²) in [4.78, 5) is 0. The molecule has 0 bridgehead atoms. The van der Waals surface area contributed by atoms with Gasteiger partial charge in [-0.3, -0.25) is 0 Å². The molecule has 0 aliphatic heterocycles. The van der Waals surface area contributed by atoms with Gasteiger partial charge in [0.05, 0.1) is 42.2 Å². The van der Waals surface area contributed by atoms with Crippen LogP contribution in [0.2, 0.25) is 0 Å². The Morgan fingerprint density at radius 3 is 1.28 bits per heavy atom. The third-order valence-corrected chi connectivity index (χ3v) is 8.84. The molecule has 1 heterocycles. The number of rotatable bonds is 20. The molecule has 1 aromatic heterocycles. The van der Waals surface area contributed by atoms with E-state index in [-0.39, 0.29) is 0 Å². The van der Waals surface area contributed by atoms with Gasteiger partial charge in [0.1, 0.15) is 0 Å². The molecule has 0 saturated heterocycles. The first kappa shape index (κ1) is 38.5. The smallest absolute Gasteiger partial charge is 0.248 e. The van der Waals surface area contributed by atoms with Crippen LogP contribution in [0, 0.1) is 0 Å². The zero-order valence-electron chi connectivity index (χ0n) is 31.6. The third kappa shape index (κ3) is 10.4. The number of ether oxygens (including phenoxy) is 6. The van der Waals surface area contributed by atoms with Crippen molar-refractivity contribution in [2.75, 3.05) is 42.2 Å². The van der Waals surface area contributed by atoms with Crippen molar-refractivity contribution in [3.63, 3.8) is 0 Å². The summed E-state index contributed by atoms with van der Waals surface area (Å²) in [6.07, 6.45) is 16.7. The van der Waals surface area contributed by atoms with Crippen LogP contribution in [-0.4, -0.2) is 52.4 Å². The van der Waals surface area contributed by atoms with Crippen molar-refractivity contribution in [1.82, 2.24) is 10.2 Å². The minimum absolute atomic E-state index is 0.446. The van der Waals surface area contributed by atoms with Gasteiger partial charge in [-0.1, -0.05) is 94.0 Å². The normalized spacial score (nSPS) is 11.3. The van der Waals surface area contributed by atoms with Gasteiger partial charge in [0.2, 0.25) is 23.3 Å². The van der Waals surface area contributed by atoms with Crippen molar-refractivity contribution >= 4 is 24.3 Å². The van der Waals surface area contributed by atoms with Crippen LogP contribution in [-0.2, 0) is 0 Å². The van der Waals surface area contributed by atoms with Crippen LogP contribution < -0.4 is 28.4 Å². The maximum Gasteiger partial charge on any atom is 0.248 e. The average Bonchev–Trinajstić information content (AvgIpc) is 3.70. The van der Waals surface area contributed by atoms with E-state index in [1.807, 2.05) is 97.1 Å². The summed E-state index contributed by atoms with van der Waals surface area (Å²) >= 11 is 0. The largest absolute Gasteiger partial charge is 0.493 e. The number of benzene rings is 4. The Morgan fingerprint density at radius 1 is 0.472 bits per heavy atom. The topological polar surface area (TPSA) is 94.3 Å². The van der Waals surface area contributed by atoms with Crippen LogP contribution in [0.25, 0.3) is 47.2 Å². The van der Waals surface area contributed by atoms with Crippen molar-refractivity contribution in [3.05, 3.63) is 95.1 Å². The van der Waals surface area contributed by atoms with Gasteiger partial charge in [0.15, 0.2) is 23.0 Å². The Kier molecular flexibility index (Phi) is 14.4. The number of nitrogens with zero attached hydrogens (tertiary/aromatic N) is 2. The van der Waals surface area contributed by atoms with E-state index in [1.165, 1.54) is 32.1 Å². The lowest BCUT2D eigenvalue weighted by Gasteiger charge is -2.15. The summed E-state index contributed by atoms with van der Waals surface area (Å²) in [5, 5.41) is 8.60. The number of aromatic nitrogens is 2. The zero-order chi connectivity index (χ0) is 37.4. The predicted octanol–water partition coefficient (Wildman–Crippen LogP) is 10.9. The minimum atomic E-state index is 0.446. The maximum absolute atomic E-state index is 6.12. The Morgan fingerprint density at radius 2 is 0.868 bits per heavy atom. The predicted molar refractivity (Wildman–Crippen MR) is 212 cm³/mol. The van der Waals surface area contributed by atoms with Crippen molar-refractivity contribution in [3.8, 4) is 57.4 Å². The fourth-order valence-corrected chi connectivity index (χ4v) is 5.88. The van der Waals surface area contributed by atoms with Gasteiger partial charge >= 0.3 is 0 Å². The first-order chi connectivity index (χ1) is 26.0. The Labute approximate surface area is 313 Å². The monoisotopic (exact) mass is 718 g/mol. The SMILES string of the molecule is CCCCCCCCCOc1c(OC)cc(/C=C/c2ccc(-c3nnc(-c4ccc(/C=C/c5cc(OC)c(OC)c(OC)c5)cc4)o3)cc2)cc1OC. The van der Waals surface area contributed by atoms with Crippen LogP contribution in [0.5, 0.6) is 34.5 Å². The quantitative estimate of drug-likeness (QED) is 0.0575. The second-order valence-corrected chi connectivity index (χ2v) is 12.5. The lowest BCUT2D eigenvalue weighted by atomic mass is 10.1. The molecule has 0 amide bonds. The number of methoxy groups -OCH3 is 5. The highest BCUT2D eigenvalue weighted by atomic mass is 16.5. The molecule has 0 spiro atoms. The third-order valence-electron chi connectivity index (χ3n) is 8.84. The lowest BCUT2D eigenvalue weighted by molar-refractivity contribution is 0.267. The Hall–Kier alpha value is -5.70. The number of hydrogen-bond donors (Lipinski definition) is 0. The molecule has 0 aliphatic carbocycles. The van der Waals surface area contributed by atoms with Crippen LogP contribution in [0.1, 0.15) is 74.1 Å². The fourth-order valence-electron chi connectivity index (χ4n) is 5.88. The summed E-state index contributed by atoms with van der Waals surface area (Å²) in [5.41, 5.74) is 5.53. The number of unbranched alkanes of at least 4 members (excludes halogenated alkanes) is 6. The molecule has 0 unspecified atom stereocenters. The highest BCUT2D eigenvalue weighted by Gasteiger charge is 2.15. The van der Waals surface area contributed by atoms with Crippen LogP contribution in [0.4, 0.5) is 0 Å². The molecule has 9 heteroatoms. The average molecular weight is 719 g/mol. The maximum atomic E-state index is 6.12. The van der Waals surface area contributed by atoms with Gasteiger partial charge < -0.3 is 32.8 Å². The number of hydrogen-bond acceptors (Lipinski definition) is 9. The summed E-state index contributed by atoms with van der Waals surface area (Å²) < 4.78 is 39.9. The molecule has 0 saturated carbocycles. The van der Waals surface area contributed by atoms with Crippen molar-refractivity contribution in [1.29, 1.82) is 0 Å². The molecule has 53 heavy (non-hydrogen) atoms. The first-order valence-corrected chi connectivity index (χ1v) is 18.1. The van der Waals surface area contributed by atoms with E-state index in [9.17, 15) is 0 Å². The van der Waals surface area contributed by atoms with Gasteiger partial charge in [-0.15, -0.1) is 10.2 Å². The summed E-state index contributed by atoms with van der Waals surface area (Å²) in [6, 6.07) is 23.6. The Bertz CT molecular complexity index is 1900. The molecule has 0 aliphatic rings. The zero-order valence-corrected chi connectivity index (χ0v) is 31.6. The van der Waals surface area contributed by atoms with Crippen LogP contribution in [0.15, 0.2) is 77.2 Å². The highest BCUT2D eigenvalue weighted by Crippen LogP contribution is 2.40. The van der Waals surface area contributed by atoms with Gasteiger partial charge in [0, 0.05) is 11.1 Å². The van der Waals surface area contributed by atoms with Gasteiger partial charge in [-0.05, 0) is 77.2 Å². The van der Waals surface area contributed by atoms with E-state index in [4.69, 9.17) is 32.8 Å². The second-order valence-electron chi connectivity index (χ2n) is 12.5. The molecular weight excluding hydrogens is 668 g/mol. The fraction of sp³-hybridized carbons (Fsp3) is 0.318. The van der Waals surface area contributed by atoms with Crippen LogP contribution in [0.3, 0.4) is 0 Å². The summed E-state index contributed by atoms with van der Waals surface area (Å²) in [6.45, 7) is 2.87. The molecule has 9 nitrogen and oxygen atoms in total. The van der Waals surface area contributed by atoms with E-state index in [2.05, 4.69) is 17.1 Å².